The molecule has 1 aromatic rings. The van der Waals surface area contributed by atoms with Gasteiger partial charge in [0.25, 0.3) is 0 Å². The second-order valence-electron chi connectivity index (χ2n) is 5.37. The normalized spacial score (nSPS) is 16.8. The Kier molecular flexibility index (Phi) is 6.46. The molecule has 1 aromatic carbocycles. The number of hydrogen-bond donors (Lipinski definition) is 1. The van der Waals surface area contributed by atoms with Crippen LogP contribution in [0.25, 0.3) is 0 Å². The first kappa shape index (κ1) is 18.9. The number of carbonyl (C=O) groups excluding carboxylic acids is 3. The van der Waals surface area contributed by atoms with Gasteiger partial charge in [-0.05, 0) is 32.9 Å². The molecular weight excluding hydrogens is 342 g/mol. The molecule has 1 aliphatic heterocycles. The molecule has 0 aliphatic carbocycles. The lowest BCUT2D eigenvalue weighted by Crippen LogP contribution is -2.34. The van der Waals surface area contributed by atoms with E-state index in [1.165, 1.54) is 0 Å². The van der Waals surface area contributed by atoms with Crippen LogP contribution in [0.1, 0.15) is 19.4 Å². The molecule has 0 radical (unpaired) electrons. The van der Waals surface area contributed by atoms with Crippen LogP contribution in [0.4, 0.5) is 10.5 Å². The van der Waals surface area contributed by atoms with Crippen molar-refractivity contribution in [2.75, 3.05) is 17.7 Å². The van der Waals surface area contributed by atoms with Crippen LogP contribution in [0.15, 0.2) is 34.3 Å². The van der Waals surface area contributed by atoms with Gasteiger partial charge in [0, 0.05) is 11.4 Å². The van der Waals surface area contributed by atoms with E-state index in [0.29, 0.717) is 11.4 Å². The van der Waals surface area contributed by atoms with Gasteiger partial charge >= 0.3 is 12.0 Å². The summed E-state index contributed by atoms with van der Waals surface area (Å²) in [6, 6.07) is 6.71. The molecule has 1 heterocycles. The fourth-order valence-corrected chi connectivity index (χ4v) is 3.09. The number of urea groups is 1. The zero-order valence-corrected chi connectivity index (χ0v) is 15.1. The number of thioether (sulfide) groups is 1. The number of benzene rings is 1. The predicted octanol–water partition coefficient (Wildman–Crippen LogP) is 2.84. The second-order valence-corrected chi connectivity index (χ2v) is 6.37. The second kappa shape index (κ2) is 8.57. The van der Waals surface area contributed by atoms with Crippen LogP contribution >= 0.6 is 11.8 Å². The molecule has 0 aromatic heterocycles. The van der Waals surface area contributed by atoms with Crippen LogP contribution in [-0.2, 0) is 14.3 Å². The Morgan fingerprint density at radius 3 is 2.52 bits per heavy atom. The summed E-state index contributed by atoms with van der Waals surface area (Å²) < 4.78 is 5.01. The van der Waals surface area contributed by atoms with Gasteiger partial charge in [-0.1, -0.05) is 29.5 Å². The zero-order valence-electron chi connectivity index (χ0n) is 14.2. The molecule has 0 bridgehead atoms. The highest BCUT2D eigenvalue weighted by atomic mass is 32.2. The molecule has 1 atom stereocenters. The topological polar surface area (TPSA) is 97.2 Å². The smallest absolute Gasteiger partial charge is 0.367 e. The number of aliphatic imine (C=N–C) groups is 2. The molecule has 1 N–H and O–H groups in total. The minimum Gasteiger partial charge on any atom is -0.465 e. The minimum absolute atomic E-state index is 0.0170. The molecule has 7 nitrogen and oxygen atoms in total. The minimum atomic E-state index is -0.838. The van der Waals surface area contributed by atoms with Crippen molar-refractivity contribution in [2.45, 2.75) is 20.8 Å². The lowest BCUT2D eigenvalue weighted by atomic mass is 10.1. The van der Waals surface area contributed by atoms with Crippen LogP contribution in [0.5, 0.6) is 0 Å². The molecule has 3 amide bonds. The van der Waals surface area contributed by atoms with Crippen molar-refractivity contribution in [3.63, 3.8) is 0 Å². The number of anilines is 1. The van der Waals surface area contributed by atoms with Crippen molar-refractivity contribution in [3.05, 3.63) is 29.8 Å². The van der Waals surface area contributed by atoms with Crippen molar-refractivity contribution < 1.29 is 19.1 Å². The number of nitrogens with one attached hydrogen (secondary N) is 1. The van der Waals surface area contributed by atoms with E-state index < -0.39 is 17.9 Å². The maximum absolute atomic E-state index is 12.1. The number of esters is 1. The summed E-state index contributed by atoms with van der Waals surface area (Å²) in [5.74, 6) is -1.61. The molecule has 25 heavy (non-hydrogen) atoms. The molecule has 1 aliphatic rings. The Balaban J connectivity index is 2.01. The Morgan fingerprint density at radius 2 is 1.88 bits per heavy atom. The quantitative estimate of drug-likeness (QED) is 0.813. The highest BCUT2D eigenvalue weighted by Crippen LogP contribution is 2.22. The largest absolute Gasteiger partial charge is 0.465 e. The lowest BCUT2D eigenvalue weighted by molar-refractivity contribution is -0.143. The molecular formula is C17H19N3O4S. The lowest BCUT2D eigenvalue weighted by Gasteiger charge is -2.19. The summed E-state index contributed by atoms with van der Waals surface area (Å²) >= 11 is 1.03. The van der Waals surface area contributed by atoms with Gasteiger partial charge in [-0.25, -0.2) is 4.79 Å². The summed E-state index contributed by atoms with van der Waals surface area (Å²) in [5.41, 5.74) is 2.09. The molecule has 1 unspecified atom stereocenters. The van der Waals surface area contributed by atoms with Gasteiger partial charge in [0.15, 0.2) is 0 Å². The highest BCUT2D eigenvalue weighted by Gasteiger charge is 2.33. The number of nitrogens with zero attached hydrogens (tertiary/aromatic N) is 2. The van der Waals surface area contributed by atoms with E-state index in [4.69, 9.17) is 4.74 Å². The first-order valence-electron chi connectivity index (χ1n) is 7.74. The van der Waals surface area contributed by atoms with Gasteiger partial charge in [0.05, 0.1) is 17.4 Å². The fourth-order valence-electron chi connectivity index (χ4n) is 2.16. The van der Waals surface area contributed by atoms with E-state index >= 15 is 0 Å². The summed E-state index contributed by atoms with van der Waals surface area (Å²) in [6.45, 7) is 5.43. The summed E-state index contributed by atoms with van der Waals surface area (Å²) in [7, 11) is 0. The maximum Gasteiger partial charge on any atom is 0.367 e. The van der Waals surface area contributed by atoms with Gasteiger partial charge in [-0.3, -0.25) is 9.59 Å². The number of aryl methyl sites for hydroxylation is 1. The van der Waals surface area contributed by atoms with Crippen LogP contribution in [0.2, 0.25) is 0 Å². The molecule has 0 saturated heterocycles. The number of carbonyl (C=O) groups is 3. The van der Waals surface area contributed by atoms with E-state index in [0.717, 1.165) is 17.3 Å². The van der Waals surface area contributed by atoms with Crippen molar-refractivity contribution in [2.24, 2.45) is 15.9 Å². The number of amides is 3. The summed E-state index contributed by atoms with van der Waals surface area (Å²) in [4.78, 5) is 43.2. The third-order valence-electron chi connectivity index (χ3n) is 3.35. The third-order valence-corrected chi connectivity index (χ3v) is 4.38. The van der Waals surface area contributed by atoms with Crippen molar-refractivity contribution in [3.8, 4) is 0 Å². The number of rotatable bonds is 5. The number of ether oxygens (including phenoxy) is 1. The van der Waals surface area contributed by atoms with E-state index in [2.05, 4.69) is 15.3 Å². The van der Waals surface area contributed by atoms with Crippen LogP contribution in [-0.4, -0.2) is 41.0 Å². The Labute approximate surface area is 150 Å². The van der Waals surface area contributed by atoms with E-state index in [-0.39, 0.29) is 23.3 Å². The van der Waals surface area contributed by atoms with E-state index in [9.17, 15) is 14.4 Å². The number of hydrogen-bond acceptors (Lipinski definition) is 5. The first-order valence-corrected chi connectivity index (χ1v) is 8.73. The molecule has 0 fully saturated rings. The molecule has 132 valence electrons. The standard InChI is InChI=1S/C17H19N3O4S/c1-4-24-16(22)14-11(3)18-17(23)20-15(14)25-9-13(21)19-12-7-5-10(2)6-8-12/h5-8,14H,4,9H2,1-3H3,(H,19,21). The Hall–Kier alpha value is -2.48. The zero-order chi connectivity index (χ0) is 18.4. The summed E-state index contributed by atoms with van der Waals surface area (Å²) in [5, 5.41) is 2.99. The van der Waals surface area contributed by atoms with Crippen molar-refractivity contribution >= 4 is 46.1 Å². The van der Waals surface area contributed by atoms with Gasteiger partial charge in [0.2, 0.25) is 5.91 Å². The van der Waals surface area contributed by atoms with Gasteiger partial charge in [-0.2, -0.15) is 9.98 Å². The maximum atomic E-state index is 12.1. The van der Waals surface area contributed by atoms with E-state index in [1.54, 1.807) is 26.0 Å². The van der Waals surface area contributed by atoms with Crippen molar-refractivity contribution in [1.82, 2.24) is 0 Å². The third kappa shape index (κ3) is 5.25. The predicted molar refractivity (Wildman–Crippen MR) is 98.3 cm³/mol. The van der Waals surface area contributed by atoms with E-state index in [1.807, 2.05) is 19.1 Å². The van der Waals surface area contributed by atoms with Crippen LogP contribution < -0.4 is 5.32 Å². The molecule has 8 heteroatoms. The summed E-state index contributed by atoms with van der Waals surface area (Å²) in [6.07, 6.45) is 0. The molecule has 0 spiro atoms. The highest BCUT2D eigenvalue weighted by molar-refractivity contribution is 8.14. The monoisotopic (exact) mass is 361 g/mol. The molecule has 2 rings (SSSR count). The van der Waals surface area contributed by atoms with Crippen LogP contribution in [0.3, 0.4) is 0 Å². The Morgan fingerprint density at radius 1 is 1.20 bits per heavy atom. The van der Waals surface area contributed by atoms with Gasteiger partial charge in [0.1, 0.15) is 5.92 Å². The van der Waals surface area contributed by atoms with Gasteiger partial charge in [-0.15, -0.1) is 0 Å². The van der Waals surface area contributed by atoms with Crippen LogP contribution in [0, 0.1) is 12.8 Å². The fraction of sp³-hybridized carbons (Fsp3) is 0.353. The molecule has 0 saturated carbocycles. The Bertz CT molecular complexity index is 741. The van der Waals surface area contributed by atoms with Crippen molar-refractivity contribution in [1.29, 1.82) is 0 Å². The average Bonchev–Trinajstić information content (AvgIpc) is 2.54. The SMILES string of the molecule is CCOC(=O)C1C(C)=NC(=O)N=C1SCC(=O)Nc1ccc(C)cc1. The van der Waals surface area contributed by atoms with Gasteiger partial charge < -0.3 is 10.1 Å². The average molecular weight is 361 g/mol. The first-order chi connectivity index (χ1) is 11.9.